The van der Waals surface area contributed by atoms with Crippen LogP contribution in [0.5, 0.6) is 0 Å². The number of hydrogen-bond acceptors (Lipinski definition) is 2. The first kappa shape index (κ1) is 14.2. The number of pyridine rings is 1. The van der Waals surface area contributed by atoms with Crippen molar-refractivity contribution in [2.75, 3.05) is 6.54 Å². The molecule has 0 amide bonds. The van der Waals surface area contributed by atoms with Gasteiger partial charge in [-0.05, 0) is 55.0 Å². The molecule has 0 radical (unpaired) electrons. The molecule has 0 fully saturated rings. The summed E-state index contributed by atoms with van der Waals surface area (Å²) in [6, 6.07) is 8.50. The average Bonchev–Trinajstić information content (AvgIpc) is 2.95. The molecular formula is C18H21FN2. The minimum absolute atomic E-state index is 0.00236. The van der Waals surface area contributed by atoms with Gasteiger partial charge in [-0.15, -0.1) is 0 Å². The minimum Gasteiger partial charge on any atom is -0.310 e. The number of benzene rings is 1. The third-order valence-corrected chi connectivity index (χ3v) is 4.23. The van der Waals surface area contributed by atoms with Crippen LogP contribution in [0.1, 0.15) is 41.6 Å². The largest absolute Gasteiger partial charge is 0.310 e. The number of rotatable bonds is 5. The Balaban J connectivity index is 1.84. The van der Waals surface area contributed by atoms with E-state index in [0.29, 0.717) is 5.56 Å². The van der Waals surface area contributed by atoms with Crippen molar-refractivity contribution < 1.29 is 4.39 Å². The van der Waals surface area contributed by atoms with Gasteiger partial charge in [0.2, 0.25) is 0 Å². The molecule has 0 saturated carbocycles. The Morgan fingerprint density at radius 2 is 2.10 bits per heavy atom. The van der Waals surface area contributed by atoms with E-state index in [0.717, 1.165) is 13.0 Å². The predicted octanol–water partition coefficient (Wildman–Crippen LogP) is 3.60. The first-order valence-corrected chi connectivity index (χ1v) is 7.71. The van der Waals surface area contributed by atoms with Gasteiger partial charge in [0.1, 0.15) is 5.82 Å². The SMILES string of the molecule is CCNC(Cc1ccc2c(c1)CCC2)c1ccncc1F. The Bertz CT molecular complexity index is 624. The predicted molar refractivity (Wildman–Crippen MR) is 82.8 cm³/mol. The van der Waals surface area contributed by atoms with Crippen LogP contribution in [0.15, 0.2) is 36.7 Å². The van der Waals surface area contributed by atoms with Gasteiger partial charge in [-0.1, -0.05) is 25.1 Å². The second-order valence-corrected chi connectivity index (χ2v) is 5.67. The van der Waals surface area contributed by atoms with E-state index in [9.17, 15) is 4.39 Å². The third kappa shape index (κ3) is 3.13. The van der Waals surface area contributed by atoms with Crippen LogP contribution in [0.4, 0.5) is 4.39 Å². The smallest absolute Gasteiger partial charge is 0.146 e. The summed E-state index contributed by atoms with van der Waals surface area (Å²) in [5, 5.41) is 3.39. The minimum atomic E-state index is -0.232. The molecule has 1 heterocycles. The molecule has 0 spiro atoms. The van der Waals surface area contributed by atoms with Gasteiger partial charge in [-0.3, -0.25) is 4.98 Å². The summed E-state index contributed by atoms with van der Waals surface area (Å²) >= 11 is 0. The van der Waals surface area contributed by atoms with Gasteiger partial charge in [0.25, 0.3) is 0 Å². The maximum atomic E-state index is 14.0. The zero-order valence-electron chi connectivity index (χ0n) is 12.4. The number of fused-ring (bicyclic) bond motifs is 1. The number of aryl methyl sites for hydroxylation is 2. The fraction of sp³-hybridized carbons (Fsp3) is 0.389. The van der Waals surface area contributed by atoms with Crippen molar-refractivity contribution in [2.24, 2.45) is 0 Å². The number of nitrogens with zero attached hydrogens (tertiary/aromatic N) is 1. The summed E-state index contributed by atoms with van der Waals surface area (Å²) in [7, 11) is 0. The molecule has 3 heteroatoms. The lowest BCUT2D eigenvalue weighted by atomic mass is 9.97. The summed E-state index contributed by atoms with van der Waals surface area (Å²) in [6.45, 7) is 2.87. The molecule has 110 valence electrons. The molecule has 1 N–H and O–H groups in total. The second kappa shape index (κ2) is 6.35. The fourth-order valence-corrected chi connectivity index (χ4v) is 3.19. The lowest BCUT2D eigenvalue weighted by Crippen LogP contribution is -2.24. The van der Waals surface area contributed by atoms with Crippen LogP contribution in [0.25, 0.3) is 0 Å². The van der Waals surface area contributed by atoms with E-state index in [1.165, 1.54) is 42.1 Å². The van der Waals surface area contributed by atoms with Gasteiger partial charge < -0.3 is 5.32 Å². The van der Waals surface area contributed by atoms with Gasteiger partial charge in [-0.25, -0.2) is 4.39 Å². The second-order valence-electron chi connectivity index (χ2n) is 5.67. The Labute approximate surface area is 125 Å². The number of nitrogens with one attached hydrogen (secondary N) is 1. The number of likely N-dealkylation sites (N-methyl/N-ethyl adjacent to an activating group) is 1. The molecule has 1 aliphatic rings. The fourth-order valence-electron chi connectivity index (χ4n) is 3.19. The number of hydrogen-bond donors (Lipinski definition) is 1. The normalized spacial score (nSPS) is 15.0. The lowest BCUT2D eigenvalue weighted by Gasteiger charge is -2.19. The average molecular weight is 284 g/mol. The van der Waals surface area contributed by atoms with Crippen LogP contribution >= 0.6 is 0 Å². The summed E-state index contributed by atoms with van der Waals surface area (Å²) in [4.78, 5) is 3.84. The van der Waals surface area contributed by atoms with E-state index < -0.39 is 0 Å². The molecule has 3 rings (SSSR count). The number of halogens is 1. The highest BCUT2D eigenvalue weighted by Crippen LogP contribution is 2.26. The molecule has 21 heavy (non-hydrogen) atoms. The summed E-state index contributed by atoms with van der Waals surface area (Å²) in [6.07, 6.45) is 7.40. The quantitative estimate of drug-likeness (QED) is 0.907. The Hall–Kier alpha value is -1.74. The standard InChI is InChI=1S/C18H21FN2/c1-2-21-18(16-8-9-20-12-17(16)19)11-13-6-7-14-4-3-5-15(14)10-13/h6-10,12,18,21H,2-5,11H2,1H3. The highest BCUT2D eigenvalue weighted by molar-refractivity contribution is 5.36. The first-order chi connectivity index (χ1) is 10.3. The summed E-state index contributed by atoms with van der Waals surface area (Å²) < 4.78 is 14.0. The van der Waals surface area contributed by atoms with Crippen LogP contribution in [-0.2, 0) is 19.3 Å². The Kier molecular flexibility index (Phi) is 4.30. The topological polar surface area (TPSA) is 24.9 Å². The number of aromatic nitrogens is 1. The van der Waals surface area contributed by atoms with Gasteiger partial charge >= 0.3 is 0 Å². The van der Waals surface area contributed by atoms with Crippen molar-refractivity contribution in [1.29, 1.82) is 0 Å². The first-order valence-electron chi connectivity index (χ1n) is 7.71. The van der Waals surface area contributed by atoms with Gasteiger partial charge in [0.05, 0.1) is 6.20 Å². The summed E-state index contributed by atoms with van der Waals surface area (Å²) in [5.74, 6) is -0.232. The molecule has 0 bridgehead atoms. The van der Waals surface area contributed by atoms with Crippen molar-refractivity contribution in [1.82, 2.24) is 10.3 Å². The monoisotopic (exact) mass is 284 g/mol. The third-order valence-electron chi connectivity index (χ3n) is 4.23. The van der Waals surface area contributed by atoms with E-state index in [1.807, 2.05) is 0 Å². The maximum absolute atomic E-state index is 14.0. The zero-order valence-corrected chi connectivity index (χ0v) is 12.4. The molecule has 1 aromatic heterocycles. The van der Waals surface area contributed by atoms with E-state index in [2.05, 4.69) is 35.4 Å². The molecule has 0 saturated heterocycles. The van der Waals surface area contributed by atoms with E-state index in [4.69, 9.17) is 0 Å². The van der Waals surface area contributed by atoms with Crippen molar-refractivity contribution in [3.8, 4) is 0 Å². The maximum Gasteiger partial charge on any atom is 0.146 e. The van der Waals surface area contributed by atoms with Crippen LogP contribution in [0.2, 0.25) is 0 Å². The molecule has 2 nitrogen and oxygen atoms in total. The van der Waals surface area contributed by atoms with Crippen molar-refractivity contribution >= 4 is 0 Å². The van der Waals surface area contributed by atoms with Gasteiger partial charge in [0, 0.05) is 17.8 Å². The zero-order chi connectivity index (χ0) is 14.7. The Morgan fingerprint density at radius 3 is 2.90 bits per heavy atom. The van der Waals surface area contributed by atoms with Gasteiger partial charge in [0.15, 0.2) is 0 Å². The molecule has 0 aliphatic heterocycles. The highest BCUT2D eigenvalue weighted by Gasteiger charge is 2.17. The van der Waals surface area contributed by atoms with E-state index in [1.54, 1.807) is 12.3 Å². The van der Waals surface area contributed by atoms with Crippen molar-refractivity contribution in [3.05, 3.63) is 64.7 Å². The molecule has 1 aromatic carbocycles. The van der Waals surface area contributed by atoms with Crippen LogP contribution in [0, 0.1) is 5.82 Å². The molecule has 1 aliphatic carbocycles. The van der Waals surface area contributed by atoms with Crippen LogP contribution in [-0.4, -0.2) is 11.5 Å². The van der Waals surface area contributed by atoms with Crippen LogP contribution in [0.3, 0.4) is 0 Å². The van der Waals surface area contributed by atoms with E-state index >= 15 is 0 Å². The van der Waals surface area contributed by atoms with Crippen molar-refractivity contribution in [2.45, 2.75) is 38.6 Å². The molecule has 2 aromatic rings. The molecule has 1 atom stereocenters. The van der Waals surface area contributed by atoms with Crippen molar-refractivity contribution in [3.63, 3.8) is 0 Å². The molecular weight excluding hydrogens is 263 g/mol. The van der Waals surface area contributed by atoms with Gasteiger partial charge in [-0.2, -0.15) is 0 Å². The molecule has 1 unspecified atom stereocenters. The Morgan fingerprint density at radius 1 is 1.24 bits per heavy atom. The highest BCUT2D eigenvalue weighted by atomic mass is 19.1. The van der Waals surface area contributed by atoms with E-state index in [-0.39, 0.29) is 11.9 Å². The lowest BCUT2D eigenvalue weighted by molar-refractivity contribution is 0.507. The summed E-state index contributed by atoms with van der Waals surface area (Å²) in [5.41, 5.74) is 4.93. The van der Waals surface area contributed by atoms with Crippen LogP contribution < -0.4 is 5.32 Å².